The molecule has 0 unspecified atom stereocenters. The van der Waals surface area contributed by atoms with Crippen molar-refractivity contribution >= 4 is 0 Å². The molecule has 2 nitrogen and oxygen atoms in total. The average molecular weight is 180 g/mol. The van der Waals surface area contributed by atoms with Gasteiger partial charge in [0.1, 0.15) is 0 Å². The van der Waals surface area contributed by atoms with E-state index in [-0.39, 0.29) is 0 Å². The third-order valence-corrected chi connectivity index (χ3v) is 1.77. The van der Waals surface area contributed by atoms with Gasteiger partial charge in [0.2, 0.25) is 0 Å². The Hall–Kier alpha value is -0.920. The molecule has 0 saturated carbocycles. The second-order valence-corrected chi connectivity index (χ2v) is 3.64. The first-order chi connectivity index (χ1) is 6.07. The zero-order chi connectivity index (χ0) is 10.3. The van der Waals surface area contributed by atoms with Crippen molar-refractivity contribution in [2.75, 3.05) is 13.6 Å². The summed E-state index contributed by atoms with van der Waals surface area (Å²) in [6.07, 6.45) is 3.29. The van der Waals surface area contributed by atoms with Crippen LogP contribution in [0.15, 0.2) is 34.0 Å². The molecular weight excluding hydrogens is 160 g/mol. The van der Waals surface area contributed by atoms with E-state index in [2.05, 4.69) is 36.7 Å². The maximum atomic E-state index is 3.97. The molecule has 0 amide bonds. The maximum Gasteiger partial charge on any atom is 0.0848 e. The lowest BCUT2D eigenvalue weighted by Crippen LogP contribution is -1.92. The van der Waals surface area contributed by atoms with Gasteiger partial charge in [0, 0.05) is 7.05 Å². The first-order valence-corrected chi connectivity index (χ1v) is 4.68. The van der Waals surface area contributed by atoms with Crippen LogP contribution in [0.25, 0.3) is 0 Å². The molecule has 0 aliphatic rings. The fourth-order valence-electron chi connectivity index (χ4n) is 0.899. The fraction of sp³-hybridized carbons (Fsp3) is 0.636. The van der Waals surface area contributed by atoms with Gasteiger partial charge in [-0.25, -0.2) is 0 Å². The lowest BCUT2D eigenvalue weighted by Gasteiger charge is -2.04. The molecule has 0 radical (unpaired) electrons. The molecule has 0 fully saturated rings. The third kappa shape index (κ3) is 6.26. The van der Waals surface area contributed by atoms with Gasteiger partial charge in [-0.3, -0.25) is 0 Å². The molecule has 0 aliphatic carbocycles. The van der Waals surface area contributed by atoms with Crippen LogP contribution >= 0.6 is 0 Å². The van der Waals surface area contributed by atoms with Gasteiger partial charge in [0.15, 0.2) is 0 Å². The van der Waals surface area contributed by atoms with Crippen molar-refractivity contribution in [2.24, 2.45) is 16.1 Å². The normalized spacial score (nSPS) is 12.8. The van der Waals surface area contributed by atoms with Crippen LogP contribution in [-0.2, 0) is 0 Å². The van der Waals surface area contributed by atoms with Gasteiger partial charge in [0.25, 0.3) is 0 Å². The Morgan fingerprint density at radius 1 is 1.46 bits per heavy atom. The van der Waals surface area contributed by atoms with Gasteiger partial charge in [-0.1, -0.05) is 32.1 Å². The zero-order valence-corrected chi connectivity index (χ0v) is 9.17. The monoisotopic (exact) mass is 180 g/mol. The van der Waals surface area contributed by atoms with Crippen molar-refractivity contribution in [3.63, 3.8) is 0 Å². The van der Waals surface area contributed by atoms with Crippen LogP contribution in [-0.4, -0.2) is 13.6 Å². The second kappa shape index (κ2) is 6.58. The predicted octanol–water partition coefficient (Wildman–Crippen LogP) is 3.62. The molecule has 0 spiro atoms. The molecule has 0 N–H and O–H groups in total. The van der Waals surface area contributed by atoms with Gasteiger partial charge < -0.3 is 0 Å². The molecule has 13 heavy (non-hydrogen) atoms. The molecule has 2 heteroatoms. The first-order valence-electron chi connectivity index (χ1n) is 4.68. The Labute approximate surface area is 81.5 Å². The lowest BCUT2D eigenvalue weighted by molar-refractivity contribution is 0.660. The summed E-state index contributed by atoms with van der Waals surface area (Å²) in [6, 6.07) is 0. The highest BCUT2D eigenvalue weighted by Gasteiger charge is 1.97. The number of allylic oxidation sites excluding steroid dienone is 1. The smallest absolute Gasteiger partial charge is 0.0848 e. The highest BCUT2D eigenvalue weighted by atomic mass is 15.1. The topological polar surface area (TPSA) is 24.7 Å². The van der Waals surface area contributed by atoms with E-state index in [9.17, 15) is 0 Å². The summed E-state index contributed by atoms with van der Waals surface area (Å²) in [5.74, 6) is 0.688. The molecule has 0 aromatic rings. The zero-order valence-electron chi connectivity index (χ0n) is 9.17. The van der Waals surface area contributed by atoms with Crippen LogP contribution in [0, 0.1) is 5.92 Å². The number of nitrogens with zero attached hydrogens (tertiary/aromatic N) is 2. The predicted molar refractivity (Wildman–Crippen MR) is 58.0 cm³/mol. The molecule has 0 rings (SSSR count). The number of rotatable bonds is 5. The van der Waals surface area contributed by atoms with Gasteiger partial charge in [-0.15, -0.1) is 0 Å². The van der Waals surface area contributed by atoms with Crippen LogP contribution in [0.1, 0.15) is 27.2 Å². The second-order valence-electron chi connectivity index (χ2n) is 3.64. The SMILES string of the molecule is C=C(C)/C(=C/CC(C)C)C/N=N\C. The van der Waals surface area contributed by atoms with Crippen molar-refractivity contribution in [1.82, 2.24) is 0 Å². The minimum atomic E-state index is 0.665. The Balaban J connectivity index is 4.23. The molecule has 0 bridgehead atoms. The summed E-state index contributed by atoms with van der Waals surface area (Å²) >= 11 is 0. The first kappa shape index (κ1) is 12.1. The van der Waals surface area contributed by atoms with Crippen molar-refractivity contribution < 1.29 is 0 Å². The number of azo groups is 1. The van der Waals surface area contributed by atoms with Crippen LogP contribution < -0.4 is 0 Å². The van der Waals surface area contributed by atoms with Crippen LogP contribution in [0.3, 0.4) is 0 Å². The van der Waals surface area contributed by atoms with Crippen LogP contribution in [0.2, 0.25) is 0 Å². The third-order valence-electron chi connectivity index (χ3n) is 1.77. The largest absolute Gasteiger partial charge is 0.197 e. The van der Waals surface area contributed by atoms with E-state index in [4.69, 9.17) is 0 Å². The molecule has 0 saturated heterocycles. The van der Waals surface area contributed by atoms with Crippen molar-refractivity contribution in [2.45, 2.75) is 27.2 Å². The van der Waals surface area contributed by atoms with Crippen molar-refractivity contribution in [1.29, 1.82) is 0 Å². The molecule has 0 aliphatic heterocycles. The molecular formula is C11H20N2. The van der Waals surface area contributed by atoms with Crippen LogP contribution in [0.5, 0.6) is 0 Å². The fourth-order valence-corrected chi connectivity index (χ4v) is 0.899. The van der Waals surface area contributed by atoms with E-state index in [1.807, 2.05) is 6.92 Å². The Bertz CT molecular complexity index is 212. The van der Waals surface area contributed by atoms with Gasteiger partial charge >= 0.3 is 0 Å². The molecule has 0 aromatic heterocycles. The lowest BCUT2D eigenvalue weighted by atomic mass is 10.0. The highest BCUT2D eigenvalue weighted by Crippen LogP contribution is 2.11. The summed E-state index contributed by atoms with van der Waals surface area (Å²) in [5, 5.41) is 7.70. The van der Waals surface area contributed by atoms with E-state index < -0.39 is 0 Å². The Kier molecular flexibility index (Phi) is 6.11. The van der Waals surface area contributed by atoms with Crippen LogP contribution in [0.4, 0.5) is 0 Å². The molecule has 0 aromatic carbocycles. The van der Waals surface area contributed by atoms with Gasteiger partial charge in [-0.2, -0.15) is 10.2 Å². The maximum absolute atomic E-state index is 3.97. The van der Waals surface area contributed by atoms with E-state index in [0.717, 1.165) is 12.0 Å². The highest BCUT2D eigenvalue weighted by molar-refractivity contribution is 5.27. The van der Waals surface area contributed by atoms with E-state index >= 15 is 0 Å². The van der Waals surface area contributed by atoms with Crippen molar-refractivity contribution in [3.05, 3.63) is 23.8 Å². The molecule has 0 heterocycles. The van der Waals surface area contributed by atoms with Gasteiger partial charge in [-0.05, 0) is 24.8 Å². The summed E-state index contributed by atoms with van der Waals surface area (Å²) in [4.78, 5) is 0. The van der Waals surface area contributed by atoms with Crippen molar-refractivity contribution in [3.8, 4) is 0 Å². The van der Waals surface area contributed by atoms with Gasteiger partial charge in [0.05, 0.1) is 6.54 Å². The molecule has 74 valence electrons. The Morgan fingerprint density at radius 2 is 2.08 bits per heavy atom. The summed E-state index contributed by atoms with van der Waals surface area (Å²) in [7, 11) is 1.69. The standard InChI is InChI=1S/C11H20N2/c1-9(2)6-7-11(10(3)4)8-13-12-5/h7,9H,3,6,8H2,1-2,4-5H3/b11-7+,13-12-. The average Bonchev–Trinajstić information content (AvgIpc) is 2.03. The minimum absolute atomic E-state index is 0.665. The van der Waals surface area contributed by atoms with E-state index in [1.54, 1.807) is 7.05 Å². The number of hydrogen-bond donors (Lipinski definition) is 0. The summed E-state index contributed by atoms with van der Waals surface area (Å²) in [6.45, 7) is 11.0. The molecule has 0 atom stereocenters. The van der Waals surface area contributed by atoms with E-state index in [0.29, 0.717) is 12.5 Å². The Morgan fingerprint density at radius 3 is 2.46 bits per heavy atom. The summed E-state index contributed by atoms with van der Waals surface area (Å²) in [5.41, 5.74) is 2.30. The quantitative estimate of drug-likeness (QED) is 0.456. The summed E-state index contributed by atoms with van der Waals surface area (Å²) < 4.78 is 0. The number of hydrogen-bond acceptors (Lipinski definition) is 2. The van der Waals surface area contributed by atoms with E-state index in [1.165, 1.54) is 5.57 Å². The minimum Gasteiger partial charge on any atom is -0.197 e.